The molecule has 70 valence electrons. The molecule has 0 aromatic rings. The molecule has 0 spiro atoms. The summed E-state index contributed by atoms with van der Waals surface area (Å²) in [5, 5.41) is 3.12. The molecule has 1 N–H and O–H groups in total. The molecular formula is C9H24N2. The van der Waals surface area contributed by atoms with E-state index in [0.717, 1.165) is 13.1 Å². The number of nitrogens with one attached hydrogen (secondary N) is 1. The molecule has 0 rings (SSSR count). The van der Waals surface area contributed by atoms with Crippen LogP contribution < -0.4 is 5.32 Å². The number of hydrogen-bond donors (Lipinski definition) is 1. The van der Waals surface area contributed by atoms with E-state index in [9.17, 15) is 0 Å². The summed E-state index contributed by atoms with van der Waals surface area (Å²) in [5.41, 5.74) is 0. The van der Waals surface area contributed by atoms with Crippen molar-refractivity contribution in [3.05, 3.63) is 0 Å². The van der Waals surface area contributed by atoms with Crippen molar-refractivity contribution in [3.63, 3.8) is 0 Å². The van der Waals surface area contributed by atoms with E-state index >= 15 is 0 Å². The third-order valence-electron chi connectivity index (χ3n) is 1.51. The van der Waals surface area contributed by atoms with Crippen LogP contribution in [-0.4, -0.2) is 38.6 Å². The molecule has 0 saturated heterocycles. The van der Waals surface area contributed by atoms with Gasteiger partial charge in [0.15, 0.2) is 0 Å². The Morgan fingerprint density at radius 3 is 2.18 bits per heavy atom. The maximum absolute atomic E-state index is 3.12. The third-order valence-corrected chi connectivity index (χ3v) is 1.51. The Balaban J connectivity index is 0. The van der Waals surface area contributed by atoms with Gasteiger partial charge in [0.25, 0.3) is 0 Å². The molecule has 0 bridgehead atoms. The largest absolute Gasteiger partial charge is 0.320 e. The summed E-state index contributed by atoms with van der Waals surface area (Å²) in [6.45, 7) is 9.67. The van der Waals surface area contributed by atoms with Crippen LogP contribution in [-0.2, 0) is 0 Å². The first-order chi connectivity index (χ1) is 5.31. The molecule has 2 heteroatoms. The zero-order valence-electron chi connectivity index (χ0n) is 8.78. The molecule has 0 heterocycles. The van der Waals surface area contributed by atoms with Crippen LogP contribution in [0.15, 0.2) is 0 Å². The van der Waals surface area contributed by atoms with Gasteiger partial charge in [0.05, 0.1) is 0 Å². The third kappa shape index (κ3) is 13.0. The lowest BCUT2D eigenvalue weighted by Crippen LogP contribution is -2.22. The van der Waals surface area contributed by atoms with E-state index in [1.54, 1.807) is 0 Å². The first kappa shape index (κ1) is 13.5. The Morgan fingerprint density at radius 1 is 1.27 bits per heavy atom. The van der Waals surface area contributed by atoms with Crippen LogP contribution in [0.3, 0.4) is 0 Å². The lowest BCUT2D eigenvalue weighted by Gasteiger charge is -2.12. The first-order valence-corrected chi connectivity index (χ1v) is 4.64. The fourth-order valence-electron chi connectivity index (χ4n) is 0.684. The summed E-state index contributed by atoms with van der Waals surface area (Å²) in [6.07, 6.45) is 1.25. The van der Waals surface area contributed by atoms with E-state index in [2.05, 4.69) is 24.2 Å². The van der Waals surface area contributed by atoms with E-state index in [1.165, 1.54) is 13.0 Å². The minimum absolute atomic E-state index is 1.13. The van der Waals surface area contributed by atoms with Gasteiger partial charge in [0.2, 0.25) is 0 Å². The quantitative estimate of drug-likeness (QED) is 0.614. The molecule has 0 aliphatic heterocycles. The second kappa shape index (κ2) is 12.6. The summed E-state index contributed by atoms with van der Waals surface area (Å²) >= 11 is 0. The highest BCUT2D eigenvalue weighted by molar-refractivity contribution is 4.48. The van der Waals surface area contributed by atoms with Gasteiger partial charge in [-0.2, -0.15) is 0 Å². The molecule has 0 amide bonds. The summed E-state index contributed by atoms with van der Waals surface area (Å²) in [4.78, 5) is 2.32. The molecule has 0 fully saturated rings. The molecular weight excluding hydrogens is 136 g/mol. The van der Waals surface area contributed by atoms with Crippen LogP contribution in [0.25, 0.3) is 0 Å². The fourth-order valence-corrected chi connectivity index (χ4v) is 0.684. The molecule has 2 nitrogen and oxygen atoms in total. The van der Waals surface area contributed by atoms with Crippen molar-refractivity contribution in [3.8, 4) is 0 Å². The van der Waals surface area contributed by atoms with Crippen LogP contribution in [0.4, 0.5) is 0 Å². The minimum atomic E-state index is 1.13. The predicted octanol–water partition coefficient (Wildman–Crippen LogP) is 1.57. The monoisotopic (exact) mass is 160 g/mol. The van der Waals surface area contributed by atoms with E-state index in [0.29, 0.717) is 0 Å². The van der Waals surface area contributed by atoms with Crippen LogP contribution in [0.1, 0.15) is 27.2 Å². The SMILES string of the molecule is CC.CCN(C)CCCNC. The van der Waals surface area contributed by atoms with Crippen molar-refractivity contribution in [2.45, 2.75) is 27.2 Å². The topological polar surface area (TPSA) is 15.3 Å². The molecule has 0 radical (unpaired) electrons. The van der Waals surface area contributed by atoms with Crippen LogP contribution in [0.2, 0.25) is 0 Å². The van der Waals surface area contributed by atoms with Gasteiger partial charge in [-0.05, 0) is 40.2 Å². The fraction of sp³-hybridized carbons (Fsp3) is 1.00. The molecule has 0 atom stereocenters. The Bertz CT molecular complexity index is 55.5. The normalized spacial score (nSPS) is 9.27. The van der Waals surface area contributed by atoms with Crippen LogP contribution in [0.5, 0.6) is 0 Å². The second-order valence-corrected chi connectivity index (χ2v) is 2.35. The first-order valence-electron chi connectivity index (χ1n) is 4.64. The van der Waals surface area contributed by atoms with Gasteiger partial charge in [-0.15, -0.1) is 0 Å². The Morgan fingerprint density at radius 2 is 1.82 bits per heavy atom. The van der Waals surface area contributed by atoms with E-state index in [-0.39, 0.29) is 0 Å². The van der Waals surface area contributed by atoms with Gasteiger partial charge in [0, 0.05) is 0 Å². The Kier molecular flexibility index (Phi) is 15.4. The average molecular weight is 160 g/mol. The highest BCUT2D eigenvalue weighted by Crippen LogP contribution is 1.83. The molecule has 0 saturated carbocycles. The van der Waals surface area contributed by atoms with E-state index < -0.39 is 0 Å². The van der Waals surface area contributed by atoms with Crippen molar-refractivity contribution in [1.82, 2.24) is 10.2 Å². The highest BCUT2D eigenvalue weighted by atomic mass is 15.1. The zero-order chi connectivity index (χ0) is 9.11. The lowest BCUT2D eigenvalue weighted by molar-refractivity contribution is 0.346. The number of nitrogens with zero attached hydrogens (tertiary/aromatic N) is 1. The van der Waals surface area contributed by atoms with Crippen LogP contribution in [0, 0.1) is 0 Å². The molecule has 0 aliphatic rings. The van der Waals surface area contributed by atoms with Gasteiger partial charge < -0.3 is 10.2 Å². The van der Waals surface area contributed by atoms with Gasteiger partial charge in [0.1, 0.15) is 0 Å². The predicted molar refractivity (Wildman–Crippen MR) is 53.1 cm³/mol. The van der Waals surface area contributed by atoms with Crippen LogP contribution >= 0.6 is 0 Å². The average Bonchev–Trinajstić information content (AvgIpc) is 2.08. The molecule has 0 aromatic carbocycles. The van der Waals surface area contributed by atoms with Gasteiger partial charge in [-0.3, -0.25) is 0 Å². The van der Waals surface area contributed by atoms with E-state index in [1.807, 2.05) is 20.9 Å². The highest BCUT2D eigenvalue weighted by Gasteiger charge is 1.90. The molecule has 0 unspecified atom stereocenters. The standard InChI is InChI=1S/C7H18N2.C2H6/c1-4-9(3)7-5-6-8-2;1-2/h8H,4-7H2,1-3H3;1-2H3. The second-order valence-electron chi connectivity index (χ2n) is 2.35. The Labute approximate surface area is 72.0 Å². The van der Waals surface area contributed by atoms with Crippen molar-refractivity contribution in [1.29, 1.82) is 0 Å². The number of hydrogen-bond acceptors (Lipinski definition) is 2. The maximum Gasteiger partial charge on any atom is -0.000981 e. The van der Waals surface area contributed by atoms with Gasteiger partial charge >= 0.3 is 0 Å². The van der Waals surface area contributed by atoms with Gasteiger partial charge in [-0.25, -0.2) is 0 Å². The van der Waals surface area contributed by atoms with Crippen molar-refractivity contribution in [2.24, 2.45) is 0 Å². The summed E-state index contributed by atoms with van der Waals surface area (Å²) < 4.78 is 0. The Hall–Kier alpha value is -0.0800. The van der Waals surface area contributed by atoms with Crippen molar-refractivity contribution in [2.75, 3.05) is 33.7 Å². The van der Waals surface area contributed by atoms with Crippen molar-refractivity contribution < 1.29 is 0 Å². The lowest BCUT2D eigenvalue weighted by atomic mass is 10.4. The smallest absolute Gasteiger partial charge is 0.000981 e. The summed E-state index contributed by atoms with van der Waals surface area (Å²) in [5.74, 6) is 0. The minimum Gasteiger partial charge on any atom is -0.320 e. The van der Waals surface area contributed by atoms with Gasteiger partial charge in [-0.1, -0.05) is 20.8 Å². The molecule has 0 aliphatic carbocycles. The maximum atomic E-state index is 3.12. The summed E-state index contributed by atoms with van der Waals surface area (Å²) in [6, 6.07) is 0. The molecule has 0 aromatic heterocycles. The molecule has 11 heavy (non-hydrogen) atoms. The van der Waals surface area contributed by atoms with E-state index in [4.69, 9.17) is 0 Å². The number of rotatable bonds is 5. The zero-order valence-corrected chi connectivity index (χ0v) is 8.78. The summed E-state index contributed by atoms with van der Waals surface area (Å²) in [7, 11) is 4.14. The van der Waals surface area contributed by atoms with Crippen molar-refractivity contribution >= 4 is 0 Å².